The summed E-state index contributed by atoms with van der Waals surface area (Å²) in [7, 11) is 0. The number of rotatable bonds is 6. The third-order valence-electron chi connectivity index (χ3n) is 3.13. The largest absolute Gasteiger partial charge is 0.392 e. The molecule has 2 aromatic rings. The zero-order valence-electron chi connectivity index (χ0n) is 12.3. The number of nitrogens with one attached hydrogen (secondary N) is 1. The lowest BCUT2D eigenvalue weighted by Gasteiger charge is -2.08. The molecule has 0 radical (unpaired) electrons. The van der Waals surface area contributed by atoms with E-state index in [2.05, 4.69) is 5.32 Å². The summed E-state index contributed by atoms with van der Waals surface area (Å²) in [6, 6.07) is 13.4. The molecule has 0 aliphatic heterocycles. The molecule has 0 saturated carbocycles. The fraction of sp³-hybridized carbons (Fsp3) is 0.176. The highest BCUT2D eigenvalue weighted by Gasteiger charge is 2.08. The van der Waals surface area contributed by atoms with Crippen molar-refractivity contribution in [3.63, 3.8) is 0 Å². The minimum absolute atomic E-state index is 0.201. The number of nitriles is 1. The number of benzene rings is 2. The molecule has 23 heavy (non-hydrogen) atoms. The van der Waals surface area contributed by atoms with E-state index in [1.807, 2.05) is 12.1 Å². The number of thioether (sulfide) groups is 1. The highest BCUT2D eigenvalue weighted by molar-refractivity contribution is 7.99. The fourth-order valence-corrected chi connectivity index (χ4v) is 2.60. The summed E-state index contributed by atoms with van der Waals surface area (Å²) in [5.74, 6) is -0.394. The summed E-state index contributed by atoms with van der Waals surface area (Å²) in [4.78, 5) is 13.0. The van der Waals surface area contributed by atoms with E-state index in [-0.39, 0.29) is 24.6 Å². The molecule has 0 bridgehead atoms. The molecule has 0 fully saturated rings. The van der Waals surface area contributed by atoms with Crippen molar-refractivity contribution < 1.29 is 14.3 Å². The molecule has 118 valence electrons. The number of amides is 1. The second kappa shape index (κ2) is 8.32. The molecule has 0 aliphatic carbocycles. The van der Waals surface area contributed by atoms with Crippen LogP contribution in [0.15, 0.2) is 47.4 Å². The number of halogens is 1. The number of nitrogens with zero attached hydrogens (tertiary/aromatic N) is 1. The van der Waals surface area contributed by atoms with Gasteiger partial charge in [0.15, 0.2) is 0 Å². The van der Waals surface area contributed by atoms with E-state index >= 15 is 0 Å². The summed E-state index contributed by atoms with van der Waals surface area (Å²) in [6.07, 6.45) is 0. The summed E-state index contributed by atoms with van der Waals surface area (Å²) in [5, 5.41) is 20.4. The van der Waals surface area contributed by atoms with Gasteiger partial charge in [0.1, 0.15) is 5.82 Å². The van der Waals surface area contributed by atoms with Crippen molar-refractivity contribution in [1.82, 2.24) is 5.32 Å². The Labute approximate surface area is 138 Å². The maximum atomic E-state index is 13.3. The Morgan fingerprint density at radius 1 is 1.30 bits per heavy atom. The molecule has 0 spiro atoms. The van der Waals surface area contributed by atoms with Gasteiger partial charge in [-0.2, -0.15) is 5.26 Å². The van der Waals surface area contributed by atoms with Crippen LogP contribution in [0, 0.1) is 17.1 Å². The Kier molecular flexibility index (Phi) is 6.15. The maximum absolute atomic E-state index is 13.3. The Bertz CT molecular complexity index is 744. The molecule has 2 N–H and O–H groups in total. The Hall–Kier alpha value is -2.36. The number of aliphatic hydroxyl groups is 1. The van der Waals surface area contributed by atoms with Crippen LogP contribution in [0.5, 0.6) is 0 Å². The lowest BCUT2D eigenvalue weighted by Crippen LogP contribution is -2.22. The van der Waals surface area contributed by atoms with E-state index < -0.39 is 5.82 Å². The van der Waals surface area contributed by atoms with Gasteiger partial charge < -0.3 is 10.4 Å². The third-order valence-corrected chi connectivity index (χ3v) is 3.99. The minimum Gasteiger partial charge on any atom is -0.392 e. The van der Waals surface area contributed by atoms with Crippen LogP contribution in [0.3, 0.4) is 0 Å². The van der Waals surface area contributed by atoms with Gasteiger partial charge in [0.2, 0.25) is 0 Å². The predicted octanol–water partition coefficient (Wildman–Crippen LogP) is 2.86. The van der Waals surface area contributed by atoms with Gasteiger partial charge >= 0.3 is 0 Å². The van der Waals surface area contributed by atoms with Crippen molar-refractivity contribution in [3.8, 4) is 6.07 Å². The fourth-order valence-electron chi connectivity index (χ4n) is 1.99. The first-order valence-electron chi connectivity index (χ1n) is 6.90. The molecule has 0 aromatic heterocycles. The molecule has 0 atom stereocenters. The first-order chi connectivity index (χ1) is 11.1. The second-order valence-corrected chi connectivity index (χ2v) is 5.79. The Balaban J connectivity index is 2.01. The molecule has 0 unspecified atom stereocenters. The van der Waals surface area contributed by atoms with Crippen LogP contribution in [0.1, 0.15) is 21.5 Å². The standard InChI is InChI=1S/C17H15FN2O2S/c18-16-5-4-12(8-14(16)11-21)10-20-17(22)13-2-1-3-15(9-13)23-7-6-19/h1-5,8-9,21H,7,10-11H2,(H,20,22). The van der Waals surface area contributed by atoms with E-state index in [9.17, 15) is 9.18 Å². The van der Waals surface area contributed by atoms with E-state index in [1.165, 1.54) is 23.9 Å². The lowest BCUT2D eigenvalue weighted by molar-refractivity contribution is 0.0950. The topological polar surface area (TPSA) is 73.1 Å². The average Bonchev–Trinajstić information content (AvgIpc) is 2.59. The average molecular weight is 330 g/mol. The van der Waals surface area contributed by atoms with Crippen LogP contribution in [0.2, 0.25) is 0 Å². The number of carbonyl (C=O) groups excluding carboxylic acids is 1. The maximum Gasteiger partial charge on any atom is 0.251 e. The van der Waals surface area contributed by atoms with Crippen LogP contribution in [0.4, 0.5) is 4.39 Å². The third kappa shape index (κ3) is 4.81. The Morgan fingerprint density at radius 3 is 2.87 bits per heavy atom. The number of aliphatic hydroxyl groups excluding tert-OH is 1. The normalized spacial score (nSPS) is 10.1. The van der Waals surface area contributed by atoms with Crippen molar-refractivity contribution in [2.75, 3.05) is 5.75 Å². The van der Waals surface area contributed by atoms with E-state index in [4.69, 9.17) is 10.4 Å². The SMILES string of the molecule is N#CCSc1cccc(C(=O)NCc2ccc(F)c(CO)c2)c1. The van der Waals surface area contributed by atoms with Crippen LogP contribution < -0.4 is 5.32 Å². The Morgan fingerprint density at radius 2 is 2.13 bits per heavy atom. The minimum atomic E-state index is -0.468. The molecule has 2 aromatic carbocycles. The van der Waals surface area contributed by atoms with Gasteiger partial charge in [-0.3, -0.25) is 4.79 Å². The van der Waals surface area contributed by atoms with Gasteiger partial charge in [0, 0.05) is 22.6 Å². The molecule has 6 heteroatoms. The molecule has 0 heterocycles. The van der Waals surface area contributed by atoms with Gasteiger partial charge in [-0.05, 0) is 35.9 Å². The van der Waals surface area contributed by atoms with E-state index in [0.29, 0.717) is 16.9 Å². The zero-order valence-corrected chi connectivity index (χ0v) is 13.1. The number of hydrogen-bond donors (Lipinski definition) is 2. The highest BCUT2D eigenvalue weighted by atomic mass is 32.2. The van der Waals surface area contributed by atoms with Crippen molar-refractivity contribution in [2.45, 2.75) is 18.0 Å². The highest BCUT2D eigenvalue weighted by Crippen LogP contribution is 2.18. The summed E-state index contributed by atoms with van der Waals surface area (Å²) >= 11 is 1.36. The second-order valence-electron chi connectivity index (χ2n) is 4.74. The smallest absolute Gasteiger partial charge is 0.251 e. The molecule has 4 nitrogen and oxygen atoms in total. The quantitative estimate of drug-likeness (QED) is 0.799. The van der Waals surface area contributed by atoms with Gasteiger partial charge in [-0.15, -0.1) is 11.8 Å². The van der Waals surface area contributed by atoms with Crippen LogP contribution in [-0.4, -0.2) is 16.8 Å². The zero-order chi connectivity index (χ0) is 16.7. The van der Waals surface area contributed by atoms with Crippen LogP contribution in [0.25, 0.3) is 0 Å². The van der Waals surface area contributed by atoms with Gasteiger partial charge in [-0.25, -0.2) is 4.39 Å². The van der Waals surface area contributed by atoms with Crippen molar-refractivity contribution in [1.29, 1.82) is 5.26 Å². The summed E-state index contributed by atoms with van der Waals surface area (Å²) in [5.41, 5.74) is 1.41. The van der Waals surface area contributed by atoms with Crippen molar-refractivity contribution in [3.05, 3.63) is 65.0 Å². The monoisotopic (exact) mass is 330 g/mol. The molecular formula is C17H15FN2O2S. The van der Waals surface area contributed by atoms with Crippen LogP contribution >= 0.6 is 11.8 Å². The summed E-state index contributed by atoms with van der Waals surface area (Å²) in [6.45, 7) is -0.145. The van der Waals surface area contributed by atoms with Gasteiger partial charge in [0.25, 0.3) is 5.91 Å². The first-order valence-corrected chi connectivity index (χ1v) is 7.88. The summed E-state index contributed by atoms with van der Waals surface area (Å²) < 4.78 is 13.3. The van der Waals surface area contributed by atoms with Gasteiger partial charge in [-0.1, -0.05) is 12.1 Å². The molecule has 0 aliphatic rings. The van der Waals surface area contributed by atoms with E-state index in [0.717, 1.165) is 4.90 Å². The predicted molar refractivity (Wildman–Crippen MR) is 86.3 cm³/mol. The van der Waals surface area contributed by atoms with Crippen molar-refractivity contribution >= 4 is 17.7 Å². The number of carbonyl (C=O) groups is 1. The molecule has 0 saturated heterocycles. The first kappa shape index (κ1) is 17.0. The lowest BCUT2D eigenvalue weighted by atomic mass is 10.1. The molecular weight excluding hydrogens is 315 g/mol. The molecule has 2 rings (SSSR count). The van der Waals surface area contributed by atoms with Crippen molar-refractivity contribution in [2.24, 2.45) is 0 Å². The molecule has 1 amide bonds. The number of hydrogen-bond acceptors (Lipinski definition) is 4. The van der Waals surface area contributed by atoms with Crippen LogP contribution in [-0.2, 0) is 13.2 Å². The van der Waals surface area contributed by atoms with Gasteiger partial charge in [0.05, 0.1) is 18.4 Å². The van der Waals surface area contributed by atoms with E-state index in [1.54, 1.807) is 24.3 Å².